The third kappa shape index (κ3) is 2.46. The lowest BCUT2D eigenvalue weighted by Crippen LogP contribution is -2.01. The lowest BCUT2D eigenvalue weighted by molar-refractivity contribution is 0.0697. The summed E-state index contributed by atoms with van der Waals surface area (Å²) >= 11 is 0. The van der Waals surface area contributed by atoms with Crippen molar-refractivity contribution in [3.63, 3.8) is 0 Å². The summed E-state index contributed by atoms with van der Waals surface area (Å²) in [4.78, 5) is 10.8. The number of hydrogen-bond acceptors (Lipinski definition) is 5. The zero-order chi connectivity index (χ0) is 14.8. The number of hydrogen-bond donors (Lipinski definition) is 3. The lowest BCUT2D eigenvalue weighted by atomic mass is 10.1. The van der Waals surface area contributed by atoms with Gasteiger partial charge < -0.3 is 16.2 Å². The third-order valence-electron chi connectivity index (χ3n) is 3.11. The average molecular weight is 280 g/mol. The molecule has 21 heavy (non-hydrogen) atoms. The van der Waals surface area contributed by atoms with E-state index in [2.05, 4.69) is 15.5 Å². The van der Waals surface area contributed by atoms with Gasteiger partial charge in [-0.25, -0.2) is 4.79 Å². The van der Waals surface area contributed by atoms with E-state index >= 15 is 0 Å². The predicted octanol–water partition coefficient (Wildman–Crippen LogP) is 2.65. The molecule has 0 saturated heterocycles. The van der Waals surface area contributed by atoms with Crippen LogP contribution in [0.3, 0.4) is 0 Å². The Morgan fingerprint density at radius 2 is 1.67 bits per heavy atom. The molecule has 104 valence electrons. The fourth-order valence-electron chi connectivity index (χ4n) is 2.05. The Morgan fingerprint density at radius 1 is 1.00 bits per heavy atom. The minimum atomic E-state index is -0.959. The number of anilines is 3. The van der Waals surface area contributed by atoms with Crippen LogP contribution in [-0.2, 0) is 0 Å². The molecular weight excluding hydrogens is 268 g/mol. The molecule has 0 atom stereocenters. The van der Waals surface area contributed by atoms with Crippen LogP contribution in [0.15, 0.2) is 48.5 Å². The van der Waals surface area contributed by atoms with Gasteiger partial charge in [-0.05, 0) is 24.3 Å². The molecule has 0 unspecified atom stereocenters. The quantitative estimate of drug-likeness (QED) is 0.681. The Balaban J connectivity index is 1.98. The molecule has 6 nitrogen and oxygen atoms in total. The molecule has 0 aliphatic carbocycles. The van der Waals surface area contributed by atoms with E-state index in [1.54, 1.807) is 12.1 Å². The van der Waals surface area contributed by atoms with Crippen molar-refractivity contribution in [2.45, 2.75) is 0 Å². The molecule has 0 aliphatic heterocycles. The number of benzene rings is 2. The minimum Gasteiger partial charge on any atom is -0.478 e. The third-order valence-corrected chi connectivity index (χ3v) is 3.11. The summed E-state index contributed by atoms with van der Waals surface area (Å²) in [6, 6.07) is 13.9. The van der Waals surface area contributed by atoms with Gasteiger partial charge in [0.2, 0.25) is 0 Å². The number of aromatic carboxylic acids is 1. The molecule has 0 aliphatic rings. The number of carboxylic acids is 1. The first-order valence-electron chi connectivity index (χ1n) is 6.26. The maximum Gasteiger partial charge on any atom is 0.335 e. The van der Waals surface area contributed by atoms with Crippen molar-refractivity contribution in [2.24, 2.45) is 0 Å². The molecule has 0 saturated carbocycles. The second kappa shape index (κ2) is 5.09. The normalized spacial score (nSPS) is 10.5. The Morgan fingerprint density at radius 3 is 2.33 bits per heavy atom. The van der Waals surface area contributed by atoms with E-state index in [9.17, 15) is 4.79 Å². The van der Waals surface area contributed by atoms with Crippen molar-refractivity contribution in [1.82, 2.24) is 10.2 Å². The highest BCUT2D eigenvalue weighted by atomic mass is 16.4. The second-order valence-corrected chi connectivity index (χ2v) is 4.49. The molecule has 2 aromatic carbocycles. The lowest BCUT2D eigenvalue weighted by Gasteiger charge is -2.09. The number of nitrogen functional groups attached to an aromatic ring is 1. The van der Waals surface area contributed by atoms with Crippen LogP contribution < -0.4 is 11.1 Å². The van der Waals surface area contributed by atoms with Gasteiger partial charge in [0.25, 0.3) is 0 Å². The van der Waals surface area contributed by atoms with Crippen LogP contribution in [0.5, 0.6) is 0 Å². The molecule has 0 amide bonds. The number of rotatable bonds is 3. The van der Waals surface area contributed by atoms with Gasteiger partial charge >= 0.3 is 5.97 Å². The zero-order valence-corrected chi connectivity index (χ0v) is 10.9. The van der Waals surface area contributed by atoms with Gasteiger partial charge in [0.05, 0.1) is 5.56 Å². The van der Waals surface area contributed by atoms with Crippen molar-refractivity contribution < 1.29 is 9.90 Å². The minimum absolute atomic E-state index is 0.230. The molecule has 4 N–H and O–H groups in total. The van der Waals surface area contributed by atoms with Gasteiger partial charge in [-0.2, -0.15) is 0 Å². The summed E-state index contributed by atoms with van der Waals surface area (Å²) in [6.07, 6.45) is 0. The van der Waals surface area contributed by atoms with Crippen LogP contribution in [0, 0.1) is 0 Å². The summed E-state index contributed by atoms with van der Waals surface area (Å²) in [5.74, 6) is -0.0143. The van der Waals surface area contributed by atoms with Crippen molar-refractivity contribution >= 4 is 34.1 Å². The van der Waals surface area contributed by atoms with Crippen molar-refractivity contribution in [2.75, 3.05) is 11.1 Å². The predicted molar refractivity (Wildman–Crippen MR) is 80.6 cm³/mol. The van der Waals surface area contributed by atoms with Crippen LogP contribution in [0.4, 0.5) is 17.3 Å². The Bertz CT molecular complexity index is 816. The Kier molecular flexibility index (Phi) is 3.12. The molecule has 1 aromatic heterocycles. The fraction of sp³-hybridized carbons (Fsp3) is 0. The van der Waals surface area contributed by atoms with Crippen LogP contribution in [0.25, 0.3) is 10.8 Å². The molecule has 0 fully saturated rings. The van der Waals surface area contributed by atoms with Crippen LogP contribution >= 0.6 is 0 Å². The van der Waals surface area contributed by atoms with Crippen molar-refractivity contribution in [3.05, 3.63) is 54.1 Å². The highest BCUT2D eigenvalue weighted by Gasteiger charge is 2.07. The van der Waals surface area contributed by atoms with E-state index in [0.29, 0.717) is 11.6 Å². The van der Waals surface area contributed by atoms with Crippen molar-refractivity contribution in [3.8, 4) is 0 Å². The van der Waals surface area contributed by atoms with E-state index in [0.717, 1.165) is 16.5 Å². The summed E-state index contributed by atoms with van der Waals surface area (Å²) in [5, 5.41) is 21.6. The molecule has 3 rings (SSSR count). The molecule has 0 radical (unpaired) electrons. The smallest absolute Gasteiger partial charge is 0.335 e. The van der Waals surface area contributed by atoms with E-state index in [1.807, 2.05) is 24.3 Å². The molecule has 1 heterocycles. The first-order chi connectivity index (χ1) is 10.1. The van der Waals surface area contributed by atoms with Gasteiger partial charge in [0, 0.05) is 16.5 Å². The van der Waals surface area contributed by atoms with Gasteiger partial charge in [0.15, 0.2) is 11.6 Å². The first-order valence-corrected chi connectivity index (χ1v) is 6.26. The fourth-order valence-corrected chi connectivity index (χ4v) is 2.05. The second-order valence-electron chi connectivity index (χ2n) is 4.49. The SMILES string of the molecule is Nc1nnc(Nc2ccc(C(=O)O)cc2)c2ccccc12. The summed E-state index contributed by atoms with van der Waals surface area (Å²) in [7, 11) is 0. The number of carbonyl (C=O) groups is 1. The Labute approximate surface area is 120 Å². The zero-order valence-electron chi connectivity index (χ0n) is 10.9. The molecule has 0 spiro atoms. The van der Waals surface area contributed by atoms with E-state index in [1.165, 1.54) is 12.1 Å². The summed E-state index contributed by atoms with van der Waals surface area (Å²) < 4.78 is 0. The number of carboxylic acid groups (broad SMARTS) is 1. The van der Waals surface area contributed by atoms with Crippen molar-refractivity contribution in [1.29, 1.82) is 0 Å². The summed E-state index contributed by atoms with van der Waals surface area (Å²) in [6.45, 7) is 0. The molecular formula is C15H12N4O2. The number of nitrogens with two attached hydrogens (primary N) is 1. The van der Waals surface area contributed by atoms with Gasteiger partial charge in [0.1, 0.15) is 0 Å². The molecule has 3 aromatic rings. The molecule has 6 heteroatoms. The largest absolute Gasteiger partial charge is 0.478 e. The highest BCUT2D eigenvalue weighted by Crippen LogP contribution is 2.26. The van der Waals surface area contributed by atoms with Crippen LogP contribution in [-0.4, -0.2) is 21.3 Å². The maximum absolute atomic E-state index is 10.8. The number of fused-ring (bicyclic) bond motifs is 1. The monoisotopic (exact) mass is 280 g/mol. The number of nitrogens with one attached hydrogen (secondary N) is 1. The maximum atomic E-state index is 10.8. The highest BCUT2D eigenvalue weighted by molar-refractivity contribution is 5.98. The Hall–Kier alpha value is -3.15. The summed E-state index contributed by atoms with van der Waals surface area (Å²) in [5.41, 5.74) is 6.76. The van der Waals surface area contributed by atoms with Crippen LogP contribution in [0.1, 0.15) is 10.4 Å². The first kappa shape index (κ1) is 12.9. The average Bonchev–Trinajstić information content (AvgIpc) is 2.51. The van der Waals surface area contributed by atoms with Gasteiger partial charge in [-0.3, -0.25) is 0 Å². The van der Waals surface area contributed by atoms with E-state index in [-0.39, 0.29) is 5.56 Å². The van der Waals surface area contributed by atoms with Gasteiger partial charge in [-0.15, -0.1) is 10.2 Å². The number of aromatic nitrogens is 2. The standard InChI is InChI=1S/C15H12N4O2/c16-13-11-3-1-2-4-12(11)14(19-18-13)17-10-7-5-9(6-8-10)15(20)21/h1-8H,(H2,16,18)(H,17,19)(H,20,21). The van der Waals surface area contributed by atoms with Crippen LogP contribution in [0.2, 0.25) is 0 Å². The molecule has 0 bridgehead atoms. The van der Waals surface area contributed by atoms with Gasteiger partial charge in [-0.1, -0.05) is 24.3 Å². The topological polar surface area (TPSA) is 101 Å². The van der Waals surface area contributed by atoms with E-state index in [4.69, 9.17) is 10.8 Å². The van der Waals surface area contributed by atoms with E-state index < -0.39 is 5.97 Å². The number of nitrogens with zero attached hydrogens (tertiary/aromatic N) is 2.